The van der Waals surface area contributed by atoms with Crippen LogP contribution in [-0.4, -0.2) is 32.6 Å². The van der Waals surface area contributed by atoms with Crippen molar-refractivity contribution in [2.45, 2.75) is 12.5 Å². The topological polar surface area (TPSA) is 103 Å². The number of nitrogens with zero attached hydrogens (tertiary/aromatic N) is 3. The number of thiophene rings is 1. The predicted molar refractivity (Wildman–Crippen MR) is 156 cm³/mol. The van der Waals surface area contributed by atoms with Gasteiger partial charge >= 0.3 is 0 Å². The second kappa shape index (κ2) is 11.6. The van der Waals surface area contributed by atoms with Gasteiger partial charge in [-0.05, 0) is 66.2 Å². The smallest absolute Gasteiger partial charge is 0.262 e. The van der Waals surface area contributed by atoms with E-state index in [2.05, 4.69) is 10.3 Å². The molecule has 196 valence electrons. The normalized spacial score (nSPS) is 11.8. The molecule has 0 saturated heterocycles. The molecule has 0 saturated carbocycles. The highest BCUT2D eigenvalue weighted by atomic mass is 35.5. The summed E-state index contributed by atoms with van der Waals surface area (Å²) in [5.74, 6) is -1.05. The van der Waals surface area contributed by atoms with Gasteiger partial charge in [-0.3, -0.25) is 14.6 Å². The third-order valence-corrected chi connectivity index (χ3v) is 7.95. The summed E-state index contributed by atoms with van der Waals surface area (Å²) in [6.45, 7) is 0. The molecule has 0 spiro atoms. The van der Waals surface area contributed by atoms with Crippen LogP contribution in [0.4, 0.5) is 0 Å². The second-order valence-corrected chi connectivity index (χ2v) is 10.9. The third-order valence-electron chi connectivity index (χ3n) is 5.87. The summed E-state index contributed by atoms with van der Waals surface area (Å²) in [6, 6.07) is 20.6. The molecule has 2 amide bonds. The van der Waals surface area contributed by atoms with Gasteiger partial charge < -0.3 is 11.1 Å². The van der Waals surface area contributed by atoms with E-state index in [-0.39, 0.29) is 6.42 Å². The number of aromatic nitrogens is 3. The Bertz CT molecular complexity index is 1670. The number of carbonyl (C=O) groups is 2. The van der Waals surface area contributed by atoms with Crippen LogP contribution in [0.2, 0.25) is 15.1 Å². The Labute approximate surface area is 243 Å². The van der Waals surface area contributed by atoms with Gasteiger partial charge in [-0.2, -0.15) is 5.10 Å². The van der Waals surface area contributed by atoms with Gasteiger partial charge in [-0.1, -0.05) is 46.9 Å². The van der Waals surface area contributed by atoms with E-state index in [1.165, 1.54) is 11.3 Å². The van der Waals surface area contributed by atoms with Gasteiger partial charge in [-0.15, -0.1) is 11.3 Å². The Morgan fingerprint density at radius 1 is 0.974 bits per heavy atom. The van der Waals surface area contributed by atoms with Crippen LogP contribution >= 0.6 is 46.1 Å². The molecule has 0 aliphatic carbocycles. The molecule has 2 aromatic carbocycles. The molecule has 0 bridgehead atoms. The lowest BCUT2D eigenvalue weighted by Crippen LogP contribution is -2.45. The molecule has 0 unspecified atom stereocenters. The van der Waals surface area contributed by atoms with E-state index >= 15 is 0 Å². The molecule has 3 heterocycles. The van der Waals surface area contributed by atoms with Crippen LogP contribution in [0.1, 0.15) is 15.2 Å². The average Bonchev–Trinajstić information content (AvgIpc) is 3.58. The SMILES string of the molecule is NC(=O)[C@H](Cc1cccc(Cl)c1)NC(=O)c1ccc(-c2cc(-c3cccnc3)nn2-c2ccc(Cl)c(Cl)c2)s1. The van der Waals surface area contributed by atoms with Gasteiger partial charge in [0.25, 0.3) is 5.91 Å². The van der Waals surface area contributed by atoms with Crippen molar-refractivity contribution in [3.63, 3.8) is 0 Å². The molecule has 0 radical (unpaired) electrons. The van der Waals surface area contributed by atoms with E-state index < -0.39 is 17.9 Å². The monoisotopic (exact) mass is 595 g/mol. The maximum Gasteiger partial charge on any atom is 0.262 e. The molecule has 0 aliphatic heterocycles. The van der Waals surface area contributed by atoms with Crippen LogP contribution in [0.25, 0.3) is 27.5 Å². The van der Waals surface area contributed by atoms with Gasteiger partial charge in [-0.25, -0.2) is 4.68 Å². The van der Waals surface area contributed by atoms with Crippen molar-refractivity contribution in [1.82, 2.24) is 20.1 Å². The van der Waals surface area contributed by atoms with Crippen LogP contribution in [0.5, 0.6) is 0 Å². The zero-order chi connectivity index (χ0) is 27.5. The van der Waals surface area contributed by atoms with E-state index in [9.17, 15) is 9.59 Å². The van der Waals surface area contributed by atoms with Crippen molar-refractivity contribution in [2.75, 3.05) is 0 Å². The number of carbonyl (C=O) groups excluding carboxylic acids is 2. The molecule has 39 heavy (non-hydrogen) atoms. The number of nitrogens with one attached hydrogen (secondary N) is 1. The first kappa shape index (κ1) is 26.9. The zero-order valence-corrected chi connectivity index (χ0v) is 23.2. The van der Waals surface area contributed by atoms with Crippen molar-refractivity contribution in [2.24, 2.45) is 5.73 Å². The predicted octanol–water partition coefficient (Wildman–Crippen LogP) is 6.45. The molecule has 11 heteroatoms. The van der Waals surface area contributed by atoms with E-state index in [1.54, 1.807) is 53.5 Å². The van der Waals surface area contributed by atoms with E-state index in [0.717, 1.165) is 21.7 Å². The molecular formula is C28H20Cl3N5O2S. The number of primary amides is 1. The molecule has 7 nitrogen and oxygen atoms in total. The zero-order valence-electron chi connectivity index (χ0n) is 20.1. The van der Waals surface area contributed by atoms with Crippen LogP contribution < -0.4 is 11.1 Å². The van der Waals surface area contributed by atoms with Crippen molar-refractivity contribution in [3.05, 3.63) is 111 Å². The Kier molecular flexibility index (Phi) is 7.99. The van der Waals surface area contributed by atoms with Crippen molar-refractivity contribution in [1.29, 1.82) is 0 Å². The van der Waals surface area contributed by atoms with E-state index in [4.69, 9.17) is 45.6 Å². The second-order valence-electron chi connectivity index (χ2n) is 8.59. The minimum atomic E-state index is -0.902. The van der Waals surface area contributed by atoms with Crippen LogP contribution in [0, 0.1) is 0 Å². The summed E-state index contributed by atoms with van der Waals surface area (Å²) < 4.78 is 1.74. The standard InChI is InChI=1S/C28H20Cl3N5O2S/c29-18-5-1-3-16(11-18)12-23(27(32)37)34-28(38)26-9-8-25(39-26)24-14-22(17-4-2-10-33-15-17)35-36(24)19-6-7-20(30)21(31)13-19/h1-11,13-15,23H,12H2,(H2,32,37)(H,34,38)/t23-/m0/s1. The number of benzene rings is 2. The van der Waals surface area contributed by atoms with E-state index in [1.807, 2.05) is 36.4 Å². The first-order valence-electron chi connectivity index (χ1n) is 11.7. The Morgan fingerprint density at radius 3 is 2.54 bits per heavy atom. The van der Waals surface area contributed by atoms with E-state index in [0.29, 0.717) is 31.3 Å². The maximum absolute atomic E-state index is 13.1. The third kappa shape index (κ3) is 6.15. The highest BCUT2D eigenvalue weighted by Gasteiger charge is 2.22. The molecule has 5 aromatic rings. The highest BCUT2D eigenvalue weighted by molar-refractivity contribution is 7.17. The van der Waals surface area contributed by atoms with Gasteiger partial charge in [0.05, 0.1) is 36.9 Å². The van der Waals surface area contributed by atoms with Gasteiger partial charge in [0, 0.05) is 29.4 Å². The summed E-state index contributed by atoms with van der Waals surface area (Å²) in [5, 5.41) is 8.89. The number of pyridine rings is 1. The Balaban J connectivity index is 1.46. The largest absolute Gasteiger partial charge is 0.368 e. The van der Waals surface area contributed by atoms with Gasteiger partial charge in [0.1, 0.15) is 6.04 Å². The lowest BCUT2D eigenvalue weighted by molar-refractivity contribution is -0.119. The van der Waals surface area contributed by atoms with Gasteiger partial charge in [0.2, 0.25) is 5.91 Å². The molecule has 5 rings (SSSR count). The molecular weight excluding hydrogens is 577 g/mol. The lowest BCUT2D eigenvalue weighted by atomic mass is 10.1. The fourth-order valence-electron chi connectivity index (χ4n) is 3.97. The number of hydrogen-bond acceptors (Lipinski definition) is 5. The number of amides is 2. The summed E-state index contributed by atoms with van der Waals surface area (Å²) >= 11 is 19.7. The van der Waals surface area contributed by atoms with Crippen molar-refractivity contribution < 1.29 is 9.59 Å². The molecule has 3 aromatic heterocycles. The fraction of sp³-hybridized carbons (Fsp3) is 0.0714. The first-order chi connectivity index (χ1) is 18.8. The van der Waals surface area contributed by atoms with Crippen molar-refractivity contribution in [3.8, 4) is 27.5 Å². The van der Waals surface area contributed by atoms with Crippen LogP contribution in [-0.2, 0) is 11.2 Å². The molecule has 1 atom stereocenters. The number of halogens is 3. The van der Waals surface area contributed by atoms with Crippen LogP contribution in [0.15, 0.2) is 85.2 Å². The summed E-state index contributed by atoms with van der Waals surface area (Å²) in [7, 11) is 0. The highest BCUT2D eigenvalue weighted by Crippen LogP contribution is 2.34. The maximum atomic E-state index is 13.1. The molecule has 0 aliphatic rings. The average molecular weight is 597 g/mol. The summed E-state index contributed by atoms with van der Waals surface area (Å²) in [6.07, 6.45) is 3.64. The lowest BCUT2D eigenvalue weighted by Gasteiger charge is -2.15. The fourth-order valence-corrected chi connectivity index (χ4v) is 5.39. The Hall–Kier alpha value is -3.69. The summed E-state index contributed by atoms with van der Waals surface area (Å²) in [5.41, 5.74) is 9.33. The number of rotatable bonds is 8. The quantitative estimate of drug-likeness (QED) is 0.215. The molecule has 0 fully saturated rings. The van der Waals surface area contributed by atoms with Crippen molar-refractivity contribution >= 4 is 58.0 Å². The summed E-state index contributed by atoms with van der Waals surface area (Å²) in [4.78, 5) is 30.6. The minimum Gasteiger partial charge on any atom is -0.368 e. The number of nitrogens with two attached hydrogens (primary N) is 1. The van der Waals surface area contributed by atoms with Gasteiger partial charge in [0.15, 0.2) is 0 Å². The molecule has 3 N–H and O–H groups in total. The van der Waals surface area contributed by atoms with Crippen LogP contribution in [0.3, 0.4) is 0 Å². The minimum absolute atomic E-state index is 0.221. The first-order valence-corrected chi connectivity index (χ1v) is 13.6. The number of hydrogen-bond donors (Lipinski definition) is 2. The Morgan fingerprint density at radius 2 is 1.82 bits per heavy atom.